The molecule has 2 aromatic rings. The van der Waals surface area contributed by atoms with Gasteiger partial charge >= 0.3 is 5.69 Å². The fourth-order valence-electron chi connectivity index (χ4n) is 1.45. The topological polar surface area (TPSA) is 81.9 Å². The Morgan fingerprint density at radius 3 is 2.94 bits per heavy atom. The van der Waals surface area contributed by atoms with E-state index in [9.17, 15) is 9.59 Å². The number of hydrogen-bond donors (Lipinski definition) is 1. The van der Waals surface area contributed by atoms with Gasteiger partial charge in [-0.1, -0.05) is 15.9 Å². The molecule has 2 heterocycles. The molecule has 0 aliphatic heterocycles. The summed E-state index contributed by atoms with van der Waals surface area (Å²) in [5, 5.41) is 0. The van der Waals surface area contributed by atoms with Crippen molar-refractivity contribution in [2.45, 2.75) is 19.1 Å². The van der Waals surface area contributed by atoms with Gasteiger partial charge in [-0.25, -0.2) is 14.3 Å². The molecule has 0 radical (unpaired) electrons. The average molecular weight is 303 g/mol. The van der Waals surface area contributed by atoms with Crippen LogP contribution in [0, 0.1) is 0 Å². The molecule has 2 rings (SSSR count). The Balaban J connectivity index is 2.63. The number of nitrogens with zero attached hydrogens (tertiary/aromatic N) is 3. The third-order valence-corrected chi connectivity index (χ3v) is 2.81. The SMILES string of the molecule is CCOCn1cnc2c(=O)n(CBr)c(=O)[nH]c21. The summed E-state index contributed by atoms with van der Waals surface area (Å²) < 4.78 is 7.82. The van der Waals surface area contributed by atoms with Crippen LogP contribution >= 0.6 is 15.9 Å². The molecular formula is C9H11BrN4O3. The Bertz CT molecular complexity index is 642. The first kappa shape index (κ1) is 12.1. The number of aromatic amines is 1. The van der Waals surface area contributed by atoms with E-state index in [0.717, 1.165) is 4.57 Å². The molecule has 0 aromatic carbocycles. The highest BCUT2D eigenvalue weighted by Crippen LogP contribution is 2.03. The number of imidazole rings is 1. The van der Waals surface area contributed by atoms with Crippen LogP contribution in [0.1, 0.15) is 6.92 Å². The first-order valence-corrected chi connectivity index (χ1v) is 6.12. The molecule has 0 aliphatic carbocycles. The van der Waals surface area contributed by atoms with E-state index in [0.29, 0.717) is 12.3 Å². The van der Waals surface area contributed by atoms with Gasteiger partial charge in [-0.15, -0.1) is 0 Å². The van der Waals surface area contributed by atoms with E-state index in [4.69, 9.17) is 4.74 Å². The molecule has 0 spiro atoms. The van der Waals surface area contributed by atoms with Gasteiger partial charge in [0.25, 0.3) is 5.56 Å². The quantitative estimate of drug-likeness (QED) is 0.820. The first-order chi connectivity index (χ1) is 8.19. The summed E-state index contributed by atoms with van der Waals surface area (Å²) in [6.45, 7) is 2.66. The van der Waals surface area contributed by atoms with Crippen LogP contribution in [0.4, 0.5) is 0 Å². The van der Waals surface area contributed by atoms with Crippen LogP contribution in [0.15, 0.2) is 15.9 Å². The van der Waals surface area contributed by atoms with Gasteiger partial charge in [0, 0.05) is 6.61 Å². The normalized spacial score (nSPS) is 11.2. The monoisotopic (exact) mass is 302 g/mol. The van der Waals surface area contributed by atoms with Crippen molar-refractivity contribution >= 4 is 27.1 Å². The van der Waals surface area contributed by atoms with Gasteiger partial charge in [0.15, 0.2) is 5.52 Å². The molecule has 0 bridgehead atoms. The highest BCUT2D eigenvalue weighted by atomic mass is 79.9. The maximum absolute atomic E-state index is 11.9. The molecule has 8 heteroatoms. The summed E-state index contributed by atoms with van der Waals surface area (Å²) in [5.74, 6) is 0. The molecule has 92 valence electrons. The molecule has 0 aliphatic rings. The molecule has 0 saturated heterocycles. The van der Waals surface area contributed by atoms with Crippen molar-refractivity contribution in [1.29, 1.82) is 0 Å². The van der Waals surface area contributed by atoms with Crippen LogP contribution in [0.5, 0.6) is 0 Å². The predicted molar refractivity (Wildman–Crippen MR) is 65.2 cm³/mol. The number of alkyl halides is 1. The van der Waals surface area contributed by atoms with Crippen molar-refractivity contribution in [2.75, 3.05) is 6.61 Å². The zero-order valence-electron chi connectivity index (χ0n) is 9.14. The van der Waals surface area contributed by atoms with Crippen LogP contribution in [0.2, 0.25) is 0 Å². The number of halogens is 1. The summed E-state index contributed by atoms with van der Waals surface area (Å²) in [5.41, 5.74) is -0.155. The van der Waals surface area contributed by atoms with Crippen LogP contribution in [0.25, 0.3) is 11.2 Å². The largest absolute Gasteiger partial charge is 0.361 e. The number of aromatic nitrogens is 4. The maximum atomic E-state index is 11.9. The highest BCUT2D eigenvalue weighted by molar-refractivity contribution is 9.08. The van der Waals surface area contributed by atoms with Gasteiger partial charge in [0.2, 0.25) is 0 Å². The van der Waals surface area contributed by atoms with Crippen molar-refractivity contribution in [3.8, 4) is 0 Å². The summed E-state index contributed by atoms with van der Waals surface area (Å²) in [7, 11) is 0. The number of H-pyrrole nitrogens is 1. The smallest absolute Gasteiger partial charge is 0.330 e. The summed E-state index contributed by atoms with van der Waals surface area (Å²) in [6.07, 6.45) is 1.47. The van der Waals surface area contributed by atoms with Gasteiger partial charge in [0.05, 0.1) is 11.8 Å². The van der Waals surface area contributed by atoms with Gasteiger partial charge in [-0.05, 0) is 6.92 Å². The minimum atomic E-state index is -0.474. The second-order valence-electron chi connectivity index (χ2n) is 3.32. The lowest BCUT2D eigenvalue weighted by Crippen LogP contribution is -2.34. The molecule has 17 heavy (non-hydrogen) atoms. The average Bonchev–Trinajstić information content (AvgIpc) is 2.70. The lowest BCUT2D eigenvalue weighted by Gasteiger charge is -2.04. The molecule has 2 aromatic heterocycles. The third-order valence-electron chi connectivity index (χ3n) is 2.31. The first-order valence-electron chi connectivity index (χ1n) is 5.00. The number of ether oxygens (including phenoxy) is 1. The third kappa shape index (κ3) is 2.05. The molecule has 0 atom stereocenters. The highest BCUT2D eigenvalue weighted by Gasteiger charge is 2.11. The second-order valence-corrected chi connectivity index (χ2v) is 3.82. The van der Waals surface area contributed by atoms with Crippen LogP contribution in [-0.2, 0) is 16.9 Å². The number of nitrogens with one attached hydrogen (secondary N) is 1. The Labute approximate surface area is 104 Å². The van der Waals surface area contributed by atoms with Crippen LogP contribution in [0.3, 0.4) is 0 Å². The van der Waals surface area contributed by atoms with Crippen molar-refractivity contribution in [1.82, 2.24) is 19.1 Å². The standard InChI is InChI=1S/C9H11BrN4O3/c1-2-17-5-13-4-11-6-7(13)12-9(16)14(3-10)8(6)15/h4H,2-3,5H2,1H3,(H,12,16). The molecule has 1 N–H and O–H groups in total. The Morgan fingerprint density at radius 1 is 1.53 bits per heavy atom. The van der Waals surface area contributed by atoms with E-state index < -0.39 is 11.2 Å². The van der Waals surface area contributed by atoms with Crippen molar-refractivity contribution < 1.29 is 4.74 Å². The minimum Gasteiger partial charge on any atom is -0.361 e. The van der Waals surface area contributed by atoms with Gasteiger partial charge < -0.3 is 4.74 Å². The molecular weight excluding hydrogens is 292 g/mol. The van der Waals surface area contributed by atoms with Crippen LogP contribution < -0.4 is 11.2 Å². The Kier molecular flexibility index (Phi) is 3.43. The van der Waals surface area contributed by atoms with Crippen molar-refractivity contribution in [3.63, 3.8) is 0 Å². The van der Waals surface area contributed by atoms with Crippen LogP contribution in [-0.4, -0.2) is 25.7 Å². The summed E-state index contributed by atoms with van der Waals surface area (Å²) in [6, 6.07) is 0. The number of fused-ring (bicyclic) bond motifs is 1. The Hall–Kier alpha value is -1.41. The summed E-state index contributed by atoms with van der Waals surface area (Å²) in [4.78, 5) is 30.1. The van der Waals surface area contributed by atoms with E-state index in [1.807, 2.05) is 6.92 Å². The number of rotatable bonds is 4. The van der Waals surface area contributed by atoms with E-state index in [1.54, 1.807) is 4.57 Å². The predicted octanol–water partition coefficient (Wildman–Crippen LogP) is 0.233. The fraction of sp³-hybridized carbons (Fsp3) is 0.444. The van der Waals surface area contributed by atoms with E-state index in [-0.39, 0.29) is 17.7 Å². The van der Waals surface area contributed by atoms with E-state index in [1.165, 1.54) is 6.33 Å². The zero-order chi connectivity index (χ0) is 12.4. The number of hydrogen-bond acceptors (Lipinski definition) is 4. The molecule has 0 amide bonds. The van der Waals surface area contributed by atoms with Gasteiger partial charge in [-0.3, -0.25) is 14.3 Å². The molecule has 0 unspecified atom stereocenters. The lowest BCUT2D eigenvalue weighted by atomic mass is 10.5. The lowest BCUT2D eigenvalue weighted by molar-refractivity contribution is 0.0901. The van der Waals surface area contributed by atoms with Gasteiger partial charge in [-0.2, -0.15) is 0 Å². The fourth-order valence-corrected chi connectivity index (χ4v) is 1.91. The minimum absolute atomic E-state index is 0.134. The van der Waals surface area contributed by atoms with Crippen molar-refractivity contribution in [2.24, 2.45) is 0 Å². The molecule has 0 saturated carbocycles. The second kappa shape index (κ2) is 4.84. The van der Waals surface area contributed by atoms with E-state index >= 15 is 0 Å². The van der Waals surface area contributed by atoms with E-state index in [2.05, 4.69) is 25.9 Å². The molecule has 7 nitrogen and oxygen atoms in total. The molecule has 0 fully saturated rings. The Morgan fingerprint density at radius 2 is 2.29 bits per heavy atom. The zero-order valence-corrected chi connectivity index (χ0v) is 10.7. The van der Waals surface area contributed by atoms with Gasteiger partial charge in [0.1, 0.15) is 12.4 Å². The summed E-state index contributed by atoms with van der Waals surface area (Å²) >= 11 is 3.08. The maximum Gasteiger partial charge on any atom is 0.330 e. The van der Waals surface area contributed by atoms with Crippen molar-refractivity contribution in [3.05, 3.63) is 27.2 Å².